The van der Waals surface area contributed by atoms with E-state index in [0.29, 0.717) is 0 Å². The summed E-state index contributed by atoms with van der Waals surface area (Å²) in [6.45, 7) is 4.57. The van der Waals surface area contributed by atoms with Gasteiger partial charge in [0.15, 0.2) is 0 Å². The Morgan fingerprint density at radius 2 is 0.921 bits per heavy atom. The highest BCUT2D eigenvalue weighted by Gasteiger charge is 2.18. The van der Waals surface area contributed by atoms with Gasteiger partial charge in [0.25, 0.3) is 0 Å². The summed E-state index contributed by atoms with van der Waals surface area (Å²) < 4.78 is 0. The molecule has 0 N–H and O–H groups in total. The first-order valence-electron chi connectivity index (χ1n) is 13.3. The van der Waals surface area contributed by atoms with Gasteiger partial charge < -0.3 is 0 Å². The molecule has 0 spiro atoms. The Labute approximate surface area is 249 Å². The van der Waals surface area contributed by atoms with Gasteiger partial charge in [-0.05, 0) is 96.1 Å². The van der Waals surface area contributed by atoms with Crippen LogP contribution in [0.25, 0.3) is 48.8 Å². The third-order valence-electron chi connectivity index (χ3n) is 6.65. The summed E-state index contributed by atoms with van der Waals surface area (Å²) in [6, 6.07) is 23.1. The molecule has 0 fully saturated rings. The Bertz CT molecular complexity index is 1460. The molecule has 194 valence electrons. The molecule has 6 heterocycles. The lowest BCUT2D eigenvalue weighted by Crippen LogP contribution is -1.83. The summed E-state index contributed by atoms with van der Waals surface area (Å²) in [4.78, 5) is 14.1. The maximum Gasteiger partial charge on any atom is 0.0481 e. The summed E-state index contributed by atoms with van der Waals surface area (Å²) >= 11 is 11.5. The van der Waals surface area contributed by atoms with Crippen LogP contribution in [0.2, 0.25) is 0 Å². The summed E-state index contributed by atoms with van der Waals surface area (Å²) in [6.07, 6.45) is 7.28. The zero-order valence-corrected chi connectivity index (χ0v) is 26.5. The minimum Gasteiger partial charge on any atom is -0.143 e. The second-order valence-corrected chi connectivity index (χ2v) is 15.6. The Morgan fingerprint density at radius 1 is 0.474 bits per heavy atom. The van der Waals surface area contributed by atoms with Crippen LogP contribution in [0, 0.1) is 0 Å². The minimum atomic E-state index is 1.16. The second-order valence-electron chi connectivity index (χ2n) is 9.42. The lowest BCUT2D eigenvalue weighted by Gasteiger charge is -2.00. The molecule has 0 nitrogen and oxygen atoms in total. The highest BCUT2D eigenvalue weighted by atomic mass is 32.1. The van der Waals surface area contributed by atoms with Gasteiger partial charge in [-0.3, -0.25) is 0 Å². The molecule has 0 amide bonds. The topological polar surface area (TPSA) is 0 Å². The van der Waals surface area contributed by atoms with Gasteiger partial charge in [0.05, 0.1) is 0 Å². The van der Waals surface area contributed by atoms with Crippen molar-refractivity contribution in [2.24, 2.45) is 0 Å². The van der Waals surface area contributed by atoms with Crippen LogP contribution in [0.15, 0.2) is 71.4 Å². The van der Waals surface area contributed by atoms with E-state index >= 15 is 0 Å². The van der Waals surface area contributed by atoms with Crippen LogP contribution in [0.4, 0.5) is 0 Å². The Kier molecular flexibility index (Phi) is 8.45. The Morgan fingerprint density at radius 3 is 1.32 bits per heavy atom. The molecule has 0 aliphatic rings. The fourth-order valence-corrected chi connectivity index (χ4v) is 11.1. The maximum absolute atomic E-state index is 2.45. The summed E-state index contributed by atoms with van der Waals surface area (Å²) in [5.74, 6) is 0. The average Bonchev–Trinajstić information content (AvgIpc) is 3.78. The smallest absolute Gasteiger partial charge is 0.0481 e. The summed E-state index contributed by atoms with van der Waals surface area (Å²) in [7, 11) is 0. The molecule has 0 aliphatic carbocycles. The molecule has 0 saturated carbocycles. The molecule has 6 rings (SSSR count). The van der Waals surface area contributed by atoms with Crippen molar-refractivity contribution < 1.29 is 0 Å². The van der Waals surface area contributed by atoms with Gasteiger partial charge in [-0.25, -0.2) is 0 Å². The molecular formula is C32H30S6. The molecule has 6 aromatic heterocycles. The number of hydrogen-bond donors (Lipinski definition) is 0. The van der Waals surface area contributed by atoms with E-state index in [4.69, 9.17) is 0 Å². The molecule has 0 aliphatic heterocycles. The SMILES string of the molecule is CCCCc1cc(-c2cccs2)sc1-c1ccc(-c2ccc(-c3sc(-c4cccs4)cc3CCCC)s2)s1. The van der Waals surface area contributed by atoms with Crippen LogP contribution < -0.4 is 0 Å². The fraction of sp³-hybridized carbons (Fsp3) is 0.250. The van der Waals surface area contributed by atoms with Crippen molar-refractivity contribution in [3.05, 3.63) is 82.6 Å². The Balaban J connectivity index is 1.31. The van der Waals surface area contributed by atoms with Gasteiger partial charge in [0, 0.05) is 48.8 Å². The monoisotopic (exact) mass is 606 g/mol. The quantitative estimate of drug-likeness (QED) is 0.138. The maximum atomic E-state index is 2.45. The first kappa shape index (κ1) is 26.4. The zero-order valence-electron chi connectivity index (χ0n) is 21.6. The van der Waals surface area contributed by atoms with Crippen LogP contribution in [0.3, 0.4) is 0 Å². The molecule has 0 bridgehead atoms. The van der Waals surface area contributed by atoms with Gasteiger partial charge in [-0.2, -0.15) is 0 Å². The van der Waals surface area contributed by atoms with Crippen LogP contribution in [-0.2, 0) is 12.8 Å². The van der Waals surface area contributed by atoms with E-state index < -0.39 is 0 Å². The zero-order chi connectivity index (χ0) is 25.9. The molecular weight excluding hydrogens is 577 g/mol. The second kappa shape index (κ2) is 12.2. The predicted molar refractivity (Wildman–Crippen MR) is 178 cm³/mol. The molecule has 0 saturated heterocycles. The number of unbranched alkanes of at least 4 members (excludes halogenated alkanes) is 2. The fourth-order valence-electron chi connectivity index (χ4n) is 4.65. The number of aryl methyl sites for hydroxylation is 2. The molecule has 0 aromatic carbocycles. The van der Waals surface area contributed by atoms with Gasteiger partial charge in [0.2, 0.25) is 0 Å². The lowest BCUT2D eigenvalue weighted by atomic mass is 10.1. The normalized spacial score (nSPS) is 11.5. The third kappa shape index (κ3) is 5.58. The van der Waals surface area contributed by atoms with Crippen LogP contribution in [0.1, 0.15) is 50.7 Å². The van der Waals surface area contributed by atoms with Crippen molar-refractivity contribution in [1.82, 2.24) is 0 Å². The van der Waals surface area contributed by atoms with Crippen molar-refractivity contribution in [3.8, 4) is 48.8 Å². The van der Waals surface area contributed by atoms with Crippen molar-refractivity contribution in [2.45, 2.75) is 52.4 Å². The van der Waals surface area contributed by atoms with E-state index in [0.717, 1.165) is 12.8 Å². The highest BCUT2D eigenvalue weighted by Crippen LogP contribution is 2.48. The van der Waals surface area contributed by atoms with Gasteiger partial charge in [-0.15, -0.1) is 68.0 Å². The van der Waals surface area contributed by atoms with Crippen molar-refractivity contribution in [2.75, 3.05) is 0 Å². The first-order chi connectivity index (χ1) is 18.7. The highest BCUT2D eigenvalue weighted by molar-refractivity contribution is 7.30. The molecule has 6 heteroatoms. The minimum absolute atomic E-state index is 1.16. The first-order valence-corrected chi connectivity index (χ1v) is 18.3. The molecule has 0 radical (unpaired) electrons. The standard InChI is InChI=1S/C32H30S6/c1-3-5-9-21-19-29(23-11-7-17-33-23)37-31(21)27-15-13-25(35-27)26-14-16-28(36-26)32-22(10-6-4-2)20-30(38-32)24-12-8-18-34-24/h7-8,11-20H,3-6,9-10H2,1-2H3. The van der Waals surface area contributed by atoms with E-state index in [9.17, 15) is 0 Å². The van der Waals surface area contributed by atoms with E-state index in [2.05, 4.69) is 85.3 Å². The number of thiophene rings is 6. The Hall–Kier alpha value is -1.80. The number of rotatable bonds is 11. The number of hydrogen-bond acceptors (Lipinski definition) is 6. The van der Waals surface area contributed by atoms with Crippen LogP contribution >= 0.6 is 68.0 Å². The van der Waals surface area contributed by atoms with E-state index in [1.165, 1.54) is 85.6 Å². The van der Waals surface area contributed by atoms with Crippen LogP contribution in [0.5, 0.6) is 0 Å². The predicted octanol–water partition coefficient (Wildman–Crippen LogP) is 13.1. The van der Waals surface area contributed by atoms with Crippen molar-refractivity contribution >= 4 is 68.0 Å². The molecule has 6 aromatic rings. The van der Waals surface area contributed by atoms with E-state index in [-0.39, 0.29) is 0 Å². The molecule has 0 unspecified atom stereocenters. The largest absolute Gasteiger partial charge is 0.143 e. The van der Waals surface area contributed by atoms with Gasteiger partial charge in [0.1, 0.15) is 0 Å². The van der Waals surface area contributed by atoms with Crippen LogP contribution in [-0.4, -0.2) is 0 Å². The molecule has 0 atom stereocenters. The van der Waals surface area contributed by atoms with Gasteiger partial charge >= 0.3 is 0 Å². The van der Waals surface area contributed by atoms with Crippen molar-refractivity contribution in [3.63, 3.8) is 0 Å². The van der Waals surface area contributed by atoms with E-state index in [1.54, 1.807) is 0 Å². The third-order valence-corrected chi connectivity index (χ3v) is 13.9. The summed E-state index contributed by atoms with van der Waals surface area (Å²) in [5.41, 5.74) is 3.03. The van der Waals surface area contributed by atoms with Gasteiger partial charge in [-0.1, -0.05) is 38.8 Å². The van der Waals surface area contributed by atoms with Crippen molar-refractivity contribution in [1.29, 1.82) is 0 Å². The van der Waals surface area contributed by atoms with E-state index in [1.807, 2.05) is 68.0 Å². The average molecular weight is 607 g/mol. The summed E-state index contributed by atoms with van der Waals surface area (Å²) in [5, 5.41) is 4.37. The lowest BCUT2D eigenvalue weighted by molar-refractivity contribution is 0.798. The molecule has 38 heavy (non-hydrogen) atoms.